The Balaban J connectivity index is 1.49. The molecule has 2 atom stereocenters. The molecular formula is C22H25N3O2. The van der Waals surface area contributed by atoms with Gasteiger partial charge in [0.1, 0.15) is 11.5 Å². The van der Waals surface area contributed by atoms with Gasteiger partial charge >= 0.3 is 0 Å². The van der Waals surface area contributed by atoms with Crippen LogP contribution in [0.5, 0.6) is 5.75 Å². The van der Waals surface area contributed by atoms with Gasteiger partial charge in [-0.2, -0.15) is 5.10 Å². The van der Waals surface area contributed by atoms with E-state index in [1.54, 1.807) is 13.4 Å². The molecule has 27 heavy (non-hydrogen) atoms. The molecule has 0 bridgehead atoms. The lowest BCUT2D eigenvalue weighted by atomic mass is 9.96. The Kier molecular flexibility index (Phi) is 4.86. The van der Waals surface area contributed by atoms with Crippen LogP contribution in [0.15, 0.2) is 59.2 Å². The summed E-state index contributed by atoms with van der Waals surface area (Å²) in [5.41, 5.74) is 4.66. The summed E-state index contributed by atoms with van der Waals surface area (Å²) in [5.74, 6) is 2.20. The highest BCUT2D eigenvalue weighted by molar-refractivity contribution is 5.43. The predicted molar refractivity (Wildman–Crippen MR) is 105 cm³/mol. The molecule has 5 heteroatoms. The summed E-state index contributed by atoms with van der Waals surface area (Å²) in [6, 6.07) is 12.3. The topological polar surface area (TPSA) is 52.2 Å². The second-order valence-electron chi connectivity index (χ2n) is 6.99. The third kappa shape index (κ3) is 3.55. The van der Waals surface area contributed by atoms with Gasteiger partial charge in [-0.25, -0.2) is 4.68 Å². The quantitative estimate of drug-likeness (QED) is 0.664. The van der Waals surface area contributed by atoms with Crippen LogP contribution in [0.2, 0.25) is 0 Å². The molecule has 0 amide bonds. The Bertz CT molecular complexity index is 923. The van der Waals surface area contributed by atoms with E-state index < -0.39 is 0 Å². The largest absolute Gasteiger partial charge is 0.497 e. The summed E-state index contributed by atoms with van der Waals surface area (Å²) in [5, 5.41) is 8.35. The lowest BCUT2D eigenvalue weighted by Gasteiger charge is -2.14. The molecule has 0 saturated carbocycles. The van der Waals surface area contributed by atoms with Crippen LogP contribution in [0.25, 0.3) is 5.69 Å². The molecule has 1 aliphatic rings. The van der Waals surface area contributed by atoms with Crippen molar-refractivity contribution in [3.63, 3.8) is 0 Å². The lowest BCUT2D eigenvalue weighted by molar-refractivity contribution is 0.414. The molecular weight excluding hydrogens is 338 g/mol. The molecule has 0 radical (unpaired) electrons. The Morgan fingerprint density at radius 1 is 1.19 bits per heavy atom. The van der Waals surface area contributed by atoms with E-state index in [2.05, 4.69) is 31.3 Å². The Labute approximate surface area is 159 Å². The van der Waals surface area contributed by atoms with Gasteiger partial charge in [-0.15, -0.1) is 0 Å². The highest BCUT2D eigenvalue weighted by Crippen LogP contribution is 2.34. The molecule has 0 unspecified atom stereocenters. The van der Waals surface area contributed by atoms with Crippen molar-refractivity contribution in [2.24, 2.45) is 0 Å². The fourth-order valence-electron chi connectivity index (χ4n) is 3.88. The smallest absolute Gasteiger partial charge is 0.119 e. The molecule has 1 aliphatic carbocycles. The standard InChI is InChI=1S/C22H25N3O2/c1-15-22(16(2)25(24-15)19-8-10-20(26-3)11-9-19)17-6-7-18(13-17)23-14-21-5-4-12-27-21/h4-12,17-18,23H,13-14H2,1-3H3/t17-,18+/m0/s1. The summed E-state index contributed by atoms with van der Waals surface area (Å²) in [6.45, 7) is 4.99. The van der Waals surface area contributed by atoms with Crippen molar-refractivity contribution in [1.29, 1.82) is 0 Å². The van der Waals surface area contributed by atoms with E-state index in [0.717, 1.165) is 35.9 Å². The molecule has 4 rings (SSSR count). The van der Waals surface area contributed by atoms with Crippen molar-refractivity contribution in [3.05, 3.63) is 77.5 Å². The van der Waals surface area contributed by atoms with Crippen molar-refractivity contribution >= 4 is 0 Å². The molecule has 1 aromatic carbocycles. The Morgan fingerprint density at radius 2 is 2.00 bits per heavy atom. The van der Waals surface area contributed by atoms with Gasteiger partial charge in [-0.3, -0.25) is 0 Å². The van der Waals surface area contributed by atoms with Gasteiger partial charge in [0.05, 0.1) is 31.3 Å². The summed E-state index contributed by atoms with van der Waals surface area (Å²) in [7, 11) is 1.68. The molecule has 0 fully saturated rings. The monoisotopic (exact) mass is 363 g/mol. The number of hydrogen-bond donors (Lipinski definition) is 1. The first-order chi connectivity index (χ1) is 13.2. The van der Waals surface area contributed by atoms with Crippen molar-refractivity contribution in [2.75, 3.05) is 7.11 Å². The average Bonchev–Trinajstić information content (AvgIpc) is 3.41. The molecule has 1 N–H and O–H groups in total. The zero-order valence-corrected chi connectivity index (χ0v) is 16.0. The van der Waals surface area contributed by atoms with Gasteiger partial charge in [0, 0.05) is 23.2 Å². The van der Waals surface area contributed by atoms with E-state index in [4.69, 9.17) is 14.3 Å². The molecule has 140 valence electrons. The second kappa shape index (κ2) is 7.45. The number of allylic oxidation sites excluding steroid dienone is 1. The SMILES string of the molecule is COc1ccc(-n2nc(C)c([C@H]3C=C[C@@H](NCc4ccco4)C3)c2C)cc1. The number of rotatable bonds is 6. The third-order valence-electron chi connectivity index (χ3n) is 5.24. The minimum Gasteiger partial charge on any atom is -0.497 e. The van der Waals surface area contributed by atoms with E-state index in [1.165, 1.54) is 11.3 Å². The van der Waals surface area contributed by atoms with Crippen molar-refractivity contribution in [3.8, 4) is 11.4 Å². The fraction of sp³-hybridized carbons (Fsp3) is 0.318. The molecule has 0 spiro atoms. The highest BCUT2D eigenvalue weighted by atomic mass is 16.5. The van der Waals surface area contributed by atoms with E-state index in [-0.39, 0.29) is 0 Å². The molecule has 5 nitrogen and oxygen atoms in total. The average molecular weight is 363 g/mol. The van der Waals surface area contributed by atoms with Gasteiger partial charge < -0.3 is 14.5 Å². The number of aryl methyl sites for hydroxylation is 1. The number of benzene rings is 1. The van der Waals surface area contributed by atoms with Gasteiger partial charge in [0.15, 0.2) is 0 Å². The van der Waals surface area contributed by atoms with E-state index in [0.29, 0.717) is 12.0 Å². The molecule has 0 saturated heterocycles. The first-order valence-corrected chi connectivity index (χ1v) is 9.30. The Morgan fingerprint density at radius 3 is 2.70 bits per heavy atom. The van der Waals surface area contributed by atoms with Gasteiger partial charge in [0.25, 0.3) is 0 Å². The van der Waals surface area contributed by atoms with Crippen LogP contribution in [-0.2, 0) is 6.54 Å². The minimum absolute atomic E-state index is 0.350. The molecule has 3 aromatic rings. The zero-order chi connectivity index (χ0) is 18.8. The van der Waals surface area contributed by atoms with E-state index >= 15 is 0 Å². The summed E-state index contributed by atoms with van der Waals surface area (Å²) >= 11 is 0. The first kappa shape index (κ1) is 17.6. The third-order valence-corrected chi connectivity index (χ3v) is 5.24. The number of nitrogens with one attached hydrogen (secondary N) is 1. The number of nitrogens with zero attached hydrogens (tertiary/aromatic N) is 2. The van der Waals surface area contributed by atoms with Gasteiger partial charge in [-0.1, -0.05) is 12.2 Å². The second-order valence-corrected chi connectivity index (χ2v) is 6.99. The molecule has 2 aromatic heterocycles. The maximum atomic E-state index is 5.40. The van der Waals surface area contributed by atoms with Gasteiger partial charge in [0.2, 0.25) is 0 Å². The molecule has 0 aliphatic heterocycles. The number of hydrogen-bond acceptors (Lipinski definition) is 4. The predicted octanol–water partition coefficient (Wildman–Crippen LogP) is 4.29. The lowest BCUT2D eigenvalue weighted by Crippen LogP contribution is -2.25. The summed E-state index contributed by atoms with van der Waals surface area (Å²) in [6.07, 6.45) is 7.31. The number of ether oxygens (including phenoxy) is 1. The van der Waals surface area contributed by atoms with Crippen molar-refractivity contribution in [2.45, 2.75) is 38.8 Å². The summed E-state index contributed by atoms with van der Waals surface area (Å²) in [4.78, 5) is 0. The Hall–Kier alpha value is -2.79. The summed E-state index contributed by atoms with van der Waals surface area (Å²) < 4.78 is 12.7. The van der Waals surface area contributed by atoms with Crippen LogP contribution < -0.4 is 10.1 Å². The van der Waals surface area contributed by atoms with Crippen LogP contribution in [0.3, 0.4) is 0 Å². The highest BCUT2D eigenvalue weighted by Gasteiger charge is 2.26. The van der Waals surface area contributed by atoms with Crippen LogP contribution in [0, 0.1) is 13.8 Å². The maximum Gasteiger partial charge on any atom is 0.119 e. The van der Waals surface area contributed by atoms with Crippen LogP contribution in [0.4, 0.5) is 0 Å². The first-order valence-electron chi connectivity index (χ1n) is 9.30. The van der Waals surface area contributed by atoms with Crippen LogP contribution in [0.1, 0.15) is 35.1 Å². The van der Waals surface area contributed by atoms with E-state index in [1.807, 2.05) is 41.1 Å². The molecule has 2 heterocycles. The number of furan rings is 1. The fourth-order valence-corrected chi connectivity index (χ4v) is 3.88. The zero-order valence-electron chi connectivity index (χ0n) is 16.0. The number of methoxy groups -OCH3 is 1. The maximum absolute atomic E-state index is 5.40. The van der Waals surface area contributed by atoms with Gasteiger partial charge in [-0.05, 0) is 56.7 Å². The van der Waals surface area contributed by atoms with Crippen LogP contribution >= 0.6 is 0 Å². The normalized spacial score (nSPS) is 18.9. The van der Waals surface area contributed by atoms with Crippen molar-refractivity contribution < 1.29 is 9.15 Å². The van der Waals surface area contributed by atoms with Crippen LogP contribution in [-0.4, -0.2) is 22.9 Å². The van der Waals surface area contributed by atoms with E-state index in [9.17, 15) is 0 Å². The number of aromatic nitrogens is 2. The minimum atomic E-state index is 0.350. The van der Waals surface area contributed by atoms with Crippen molar-refractivity contribution in [1.82, 2.24) is 15.1 Å².